The number of aliphatic carboxylic acids is 1. The zero-order valence-corrected chi connectivity index (χ0v) is 13.5. The summed E-state index contributed by atoms with van der Waals surface area (Å²) in [5, 5.41) is 11.0. The van der Waals surface area contributed by atoms with Gasteiger partial charge in [0, 0.05) is 0 Å². The molecule has 0 aromatic heterocycles. The molecular weight excluding hydrogens is 277 g/mol. The number of fused-ring (bicyclic) bond motifs is 1. The maximum absolute atomic E-state index is 12.2. The number of carbonyl (C=O) groups is 3. The molecule has 7 nitrogen and oxygen atoms in total. The average Bonchev–Trinajstić information content (AvgIpc) is 2.78. The van der Waals surface area contributed by atoms with E-state index in [0.29, 0.717) is 12.0 Å². The Bertz CT molecular complexity index is 544. The molecule has 8 heteroatoms. The first-order chi connectivity index (χ1) is 8.85. The molecule has 102 valence electrons. The molecule has 0 aliphatic carbocycles. The maximum atomic E-state index is 12.2. The van der Waals surface area contributed by atoms with Gasteiger partial charge in [-0.05, 0) is 25.8 Å². The second-order valence-corrected chi connectivity index (χ2v) is 5.33. The number of cyclic esters (lactones) is 2. The van der Waals surface area contributed by atoms with Gasteiger partial charge in [-0.15, -0.1) is 0 Å². The van der Waals surface area contributed by atoms with E-state index in [0.717, 1.165) is 0 Å². The molecule has 3 aliphatic heterocycles. The second-order valence-electron chi connectivity index (χ2n) is 5.33. The van der Waals surface area contributed by atoms with E-state index < -0.39 is 23.6 Å². The van der Waals surface area contributed by atoms with Crippen LogP contribution >= 0.6 is 0 Å². The van der Waals surface area contributed by atoms with Gasteiger partial charge in [0.05, 0.1) is 17.7 Å². The molecule has 0 aromatic carbocycles. The number of ether oxygens (including phenoxy) is 2. The summed E-state index contributed by atoms with van der Waals surface area (Å²) in [4.78, 5) is 35.5. The van der Waals surface area contributed by atoms with E-state index in [2.05, 4.69) is 0 Å². The smallest absolute Gasteiger partial charge is 0.543 e. The third-order valence-corrected chi connectivity index (χ3v) is 4.02. The van der Waals surface area contributed by atoms with Crippen LogP contribution in [0.2, 0.25) is 0 Å². The normalized spacial score (nSPS) is 35.0. The fourth-order valence-corrected chi connectivity index (χ4v) is 3.19. The molecule has 0 spiro atoms. The number of carbonyl (C=O) groups excluding carboxylic acids is 3. The first kappa shape index (κ1) is 15.3. The molecule has 3 unspecified atom stereocenters. The number of carboxylic acid groups (broad SMARTS) is 1. The minimum atomic E-state index is -1.35. The van der Waals surface area contributed by atoms with Crippen LogP contribution in [0.3, 0.4) is 0 Å². The monoisotopic (exact) mass is 289 g/mol. The first-order valence-electron chi connectivity index (χ1n) is 5.95. The van der Waals surface area contributed by atoms with E-state index in [1.54, 1.807) is 13.8 Å². The zero-order chi connectivity index (χ0) is 13.9. The van der Waals surface area contributed by atoms with Crippen molar-refractivity contribution in [3.8, 4) is 0 Å². The molecule has 0 aromatic rings. The fraction of sp³-hybridized carbons (Fsp3) is 0.583. The van der Waals surface area contributed by atoms with Crippen molar-refractivity contribution in [2.45, 2.75) is 31.9 Å². The molecule has 0 saturated carbocycles. The van der Waals surface area contributed by atoms with E-state index in [4.69, 9.17) is 9.47 Å². The molecule has 0 N–H and O–H groups in total. The molecule has 2 saturated heterocycles. The second kappa shape index (κ2) is 4.75. The summed E-state index contributed by atoms with van der Waals surface area (Å²) in [6.07, 6.45) is -0.344. The van der Waals surface area contributed by atoms with Crippen molar-refractivity contribution in [2.75, 3.05) is 6.61 Å². The van der Waals surface area contributed by atoms with Gasteiger partial charge in [-0.3, -0.25) is 4.79 Å². The Kier molecular flexibility index (Phi) is 3.64. The van der Waals surface area contributed by atoms with Crippen LogP contribution in [0.5, 0.6) is 0 Å². The third kappa shape index (κ3) is 1.88. The predicted molar refractivity (Wildman–Crippen MR) is 57.3 cm³/mol. The SMILES string of the molecule is CC1=C(C(=O)[O-])N2C(=O)C(C3(C)COC(=O)O3)C2C1.[Na+]. The van der Waals surface area contributed by atoms with Crippen molar-refractivity contribution in [1.82, 2.24) is 4.90 Å². The van der Waals surface area contributed by atoms with Gasteiger partial charge in [0.1, 0.15) is 12.5 Å². The van der Waals surface area contributed by atoms with E-state index >= 15 is 0 Å². The van der Waals surface area contributed by atoms with Gasteiger partial charge in [-0.2, -0.15) is 0 Å². The number of hydrogen-bond acceptors (Lipinski definition) is 6. The Hall–Kier alpha value is -1.05. The molecule has 2 fully saturated rings. The molecule has 20 heavy (non-hydrogen) atoms. The van der Waals surface area contributed by atoms with E-state index in [1.165, 1.54) is 4.90 Å². The Morgan fingerprint density at radius 2 is 2.10 bits per heavy atom. The van der Waals surface area contributed by atoms with Crippen molar-refractivity contribution in [2.24, 2.45) is 5.92 Å². The van der Waals surface area contributed by atoms with Crippen LogP contribution in [0, 0.1) is 5.92 Å². The van der Waals surface area contributed by atoms with Crippen LogP contribution in [-0.2, 0) is 19.1 Å². The van der Waals surface area contributed by atoms with Crippen LogP contribution in [0.15, 0.2) is 11.3 Å². The van der Waals surface area contributed by atoms with Crippen LogP contribution in [0.1, 0.15) is 20.3 Å². The average molecular weight is 289 g/mol. The number of amides is 1. The van der Waals surface area contributed by atoms with Gasteiger partial charge in [0.15, 0.2) is 5.60 Å². The van der Waals surface area contributed by atoms with Crippen molar-refractivity contribution in [3.63, 3.8) is 0 Å². The fourth-order valence-electron chi connectivity index (χ4n) is 3.19. The summed E-state index contributed by atoms with van der Waals surface area (Å²) in [5.41, 5.74) is -0.466. The van der Waals surface area contributed by atoms with Crippen LogP contribution in [0.4, 0.5) is 4.79 Å². The molecule has 3 rings (SSSR count). The number of carboxylic acids is 1. The summed E-state index contributed by atoms with van der Waals surface area (Å²) >= 11 is 0. The van der Waals surface area contributed by atoms with Gasteiger partial charge in [-0.25, -0.2) is 4.79 Å². The van der Waals surface area contributed by atoms with Crippen molar-refractivity contribution in [1.29, 1.82) is 0 Å². The first-order valence-corrected chi connectivity index (χ1v) is 5.95. The largest absolute Gasteiger partial charge is 1.00 e. The summed E-state index contributed by atoms with van der Waals surface area (Å²) in [7, 11) is 0. The maximum Gasteiger partial charge on any atom is 1.00 e. The summed E-state index contributed by atoms with van der Waals surface area (Å²) in [6, 6.07) is -0.292. The van der Waals surface area contributed by atoms with E-state index in [1.807, 2.05) is 0 Å². The molecule has 0 bridgehead atoms. The number of nitrogens with zero attached hydrogens (tertiary/aromatic N) is 1. The zero-order valence-electron chi connectivity index (χ0n) is 11.5. The van der Waals surface area contributed by atoms with Gasteiger partial charge in [0.2, 0.25) is 5.91 Å². The molecule has 0 radical (unpaired) electrons. The molecule has 3 heterocycles. The van der Waals surface area contributed by atoms with Crippen molar-refractivity contribution in [3.05, 3.63) is 11.3 Å². The minimum absolute atomic E-state index is 0. The Balaban J connectivity index is 0.00000147. The molecule has 3 aliphatic rings. The van der Waals surface area contributed by atoms with Crippen LogP contribution < -0.4 is 34.7 Å². The van der Waals surface area contributed by atoms with Crippen LogP contribution in [-0.4, -0.2) is 41.2 Å². The van der Waals surface area contributed by atoms with Gasteiger partial charge in [-0.1, -0.05) is 0 Å². The number of β-lactam (4-membered cyclic amide) rings is 1. The Morgan fingerprint density at radius 1 is 1.45 bits per heavy atom. The molecule has 3 atom stereocenters. The number of rotatable bonds is 2. The summed E-state index contributed by atoms with van der Waals surface area (Å²) < 4.78 is 9.82. The van der Waals surface area contributed by atoms with E-state index in [-0.39, 0.29) is 53.8 Å². The topological polar surface area (TPSA) is 96.0 Å². The summed E-state index contributed by atoms with van der Waals surface area (Å²) in [6.45, 7) is 3.30. The Labute approximate surface area is 137 Å². The van der Waals surface area contributed by atoms with Gasteiger partial charge >= 0.3 is 35.7 Å². The van der Waals surface area contributed by atoms with E-state index in [9.17, 15) is 19.5 Å². The number of hydrogen-bond donors (Lipinski definition) is 0. The van der Waals surface area contributed by atoms with Crippen molar-refractivity contribution < 1.29 is 58.5 Å². The van der Waals surface area contributed by atoms with Crippen molar-refractivity contribution >= 4 is 18.0 Å². The Morgan fingerprint density at radius 3 is 2.60 bits per heavy atom. The quantitative estimate of drug-likeness (QED) is 0.293. The third-order valence-electron chi connectivity index (χ3n) is 4.02. The molecular formula is C12H12NNaO6. The van der Waals surface area contributed by atoms with Gasteiger partial charge in [0.25, 0.3) is 0 Å². The molecule has 1 amide bonds. The minimum Gasteiger partial charge on any atom is -0.543 e. The van der Waals surface area contributed by atoms with Crippen LogP contribution in [0.25, 0.3) is 0 Å². The predicted octanol–water partition coefficient (Wildman–Crippen LogP) is -3.83. The summed E-state index contributed by atoms with van der Waals surface area (Å²) in [5.74, 6) is -2.27. The van der Waals surface area contributed by atoms with Gasteiger partial charge < -0.3 is 24.3 Å². The standard InChI is InChI=1S/C12H13NO6.Na/c1-5-3-6-7(12(2)4-18-11(17)19-12)9(14)13(6)8(5)10(15)16;/h6-7H,3-4H2,1-2H3,(H,15,16);/q;+1/p-1.